The van der Waals surface area contributed by atoms with Gasteiger partial charge in [0.1, 0.15) is 71.3 Å². The second-order valence-electron chi connectivity index (χ2n) is 31.2. The fourth-order valence-corrected chi connectivity index (χ4v) is 16.3. The summed E-state index contributed by atoms with van der Waals surface area (Å²) < 4.78 is 149. The topological polar surface area (TPSA) is 422 Å². The van der Waals surface area contributed by atoms with Crippen LogP contribution in [0.4, 0.5) is 73.6 Å². The molecule has 16 heterocycles. The van der Waals surface area contributed by atoms with Crippen molar-refractivity contribution in [3.05, 3.63) is 296 Å². The molecule has 32 nitrogen and oxygen atoms in total. The van der Waals surface area contributed by atoms with Gasteiger partial charge in [0.25, 0.3) is 12.9 Å². The average molecular weight is 1970 g/mol. The molecule has 139 heavy (non-hydrogen) atoms. The van der Waals surface area contributed by atoms with Crippen molar-refractivity contribution in [2.24, 2.45) is 0 Å². The van der Waals surface area contributed by atoms with Crippen LogP contribution in [0.25, 0.3) is 140 Å². The van der Waals surface area contributed by atoms with E-state index in [4.69, 9.17) is 89.8 Å². The molecule has 1 aliphatic heterocycles. The maximum absolute atomic E-state index is 14.6. The summed E-state index contributed by atoms with van der Waals surface area (Å²) in [6, 6.07) is 46.8. The van der Waals surface area contributed by atoms with Gasteiger partial charge in [0, 0.05) is 91.0 Å². The lowest BCUT2D eigenvalue weighted by Gasteiger charge is -2.26. The number of nitrogens with two attached hydrogens (primary N) is 5. The van der Waals surface area contributed by atoms with Crippen molar-refractivity contribution in [1.29, 1.82) is 0 Å². The molecule has 5 aromatic carbocycles. The summed E-state index contributed by atoms with van der Waals surface area (Å²) in [5.74, 6) is -0.896. The van der Waals surface area contributed by atoms with Gasteiger partial charge in [-0.05, 0) is 196 Å². The number of fused-ring (bicyclic) bond motifs is 5. The predicted octanol–water partition coefficient (Wildman–Crippen LogP) is 19.5. The summed E-state index contributed by atoms with van der Waals surface area (Å²) in [5, 5.41) is 41.4. The molecule has 21 rings (SSSR count). The summed E-state index contributed by atoms with van der Waals surface area (Å²) >= 11 is 23.8. The molecule has 0 aliphatic carbocycles. The zero-order chi connectivity index (χ0) is 98.1. The molecule has 15 aromatic heterocycles. The van der Waals surface area contributed by atoms with Gasteiger partial charge in [0.15, 0.2) is 28.2 Å². The highest BCUT2D eigenvalue weighted by molar-refractivity contribution is 6.31. The summed E-state index contributed by atoms with van der Waals surface area (Å²) in [4.78, 5) is 44.8. The van der Waals surface area contributed by atoms with Gasteiger partial charge in [0.05, 0.1) is 75.2 Å². The summed E-state index contributed by atoms with van der Waals surface area (Å²) in [6.07, 6.45) is -2.98. The van der Waals surface area contributed by atoms with E-state index < -0.39 is 42.2 Å². The number of rotatable bonds is 14. The molecule has 10 N–H and O–H groups in total. The highest BCUT2D eigenvalue weighted by Crippen LogP contribution is 2.45. The minimum Gasteiger partial charge on any atom is -0.379 e. The van der Waals surface area contributed by atoms with Crippen LogP contribution in [0.5, 0.6) is 0 Å². The average Bonchev–Trinajstić information content (AvgIpc) is 1.73. The zero-order valence-electron chi connectivity index (χ0n) is 73.0. The van der Waals surface area contributed by atoms with Crippen LogP contribution in [0.2, 0.25) is 20.2 Å². The van der Waals surface area contributed by atoms with E-state index >= 15 is 0 Å². The van der Waals surface area contributed by atoms with Gasteiger partial charge in [-0.1, -0.05) is 88.9 Å². The summed E-state index contributed by atoms with van der Waals surface area (Å²) in [6.45, 7) is 12.7. The number of halogens is 14. The Bertz CT molecular complexity index is 7840. The van der Waals surface area contributed by atoms with Crippen molar-refractivity contribution in [1.82, 2.24) is 128 Å². The van der Waals surface area contributed by atoms with Gasteiger partial charge in [-0.15, -0.1) is 51.0 Å². The van der Waals surface area contributed by atoms with E-state index in [0.29, 0.717) is 112 Å². The number of morpholine rings is 1. The second kappa shape index (κ2) is 39.7. The number of benzene rings is 5. The first-order chi connectivity index (χ1) is 66.6. The molecule has 0 saturated carbocycles. The molecule has 0 atom stereocenters. The molecule has 20 aromatic rings. The Morgan fingerprint density at radius 2 is 0.676 bits per heavy atom. The third-order valence-corrected chi connectivity index (χ3v) is 22.5. The predicted molar refractivity (Wildman–Crippen MR) is 504 cm³/mol. The van der Waals surface area contributed by atoms with Crippen LogP contribution >= 0.6 is 46.4 Å². The lowest BCUT2D eigenvalue weighted by atomic mass is 9.99. The molecular formula is C93H71Cl4F10N31O. The van der Waals surface area contributed by atoms with E-state index in [1.54, 1.807) is 79.2 Å². The maximum atomic E-state index is 14.6. The van der Waals surface area contributed by atoms with Crippen LogP contribution in [0.3, 0.4) is 0 Å². The van der Waals surface area contributed by atoms with Crippen LogP contribution in [-0.2, 0) is 17.5 Å². The van der Waals surface area contributed by atoms with Gasteiger partial charge >= 0.3 is 6.18 Å². The third kappa shape index (κ3) is 20.3. The van der Waals surface area contributed by atoms with Gasteiger partial charge in [-0.25, -0.2) is 65.6 Å². The van der Waals surface area contributed by atoms with E-state index in [-0.39, 0.29) is 84.5 Å². The molecular weight excluding hydrogens is 1900 g/mol. The Hall–Kier alpha value is -16.0. The van der Waals surface area contributed by atoms with E-state index in [1.807, 2.05) is 50.2 Å². The number of pyridine rings is 5. The fraction of sp³-hybridized carbons (Fsp3) is 0.140. The molecule has 1 aliphatic rings. The van der Waals surface area contributed by atoms with Crippen LogP contribution < -0.4 is 28.7 Å². The Balaban J connectivity index is 0.000000120. The van der Waals surface area contributed by atoms with Crippen molar-refractivity contribution >= 4 is 104 Å². The van der Waals surface area contributed by atoms with Crippen molar-refractivity contribution < 1.29 is 48.6 Å². The Morgan fingerprint density at radius 1 is 0.345 bits per heavy atom. The quantitative estimate of drug-likeness (QED) is 0.0498. The SMILES string of the molecule is Cc1cc(-c2c(-c3ccc(Cl)cc3)nc(N)n3cnnc23)cc(C(F)F)n1.Cc1cc(-c2c(-c3ccc(Cl)cc3F)nc(N)n3cnnc23)cc(C(F)(F)F)n1.Cc1cc(-c2c(-c3ccc(Cl)cc3F)nc(N)n3cnnc23)cc(Cl)n1.Cc1cc(-c2c(-c3ccc(F)cc3)nc(N)n3cnnc23)cc(C(F)F)n1.Cc1cc(-c2c(-c3ccccc3)nc(N)n3cnnc23)cc(CN2CCOCC2)n1. The van der Waals surface area contributed by atoms with Gasteiger partial charge in [-0.2, -0.15) is 13.2 Å². The number of alkyl halides is 7. The van der Waals surface area contributed by atoms with Crippen molar-refractivity contribution in [2.75, 3.05) is 55.0 Å². The first-order valence-corrected chi connectivity index (χ1v) is 43.1. The maximum Gasteiger partial charge on any atom is 0.433 e. The Morgan fingerprint density at radius 3 is 1.06 bits per heavy atom. The van der Waals surface area contributed by atoms with E-state index in [2.05, 4.69) is 108 Å². The Labute approximate surface area is 799 Å². The lowest BCUT2D eigenvalue weighted by Crippen LogP contribution is -2.35. The van der Waals surface area contributed by atoms with Crippen LogP contribution in [0.1, 0.15) is 64.1 Å². The highest BCUT2D eigenvalue weighted by Gasteiger charge is 2.35. The van der Waals surface area contributed by atoms with Crippen molar-refractivity contribution in [2.45, 2.75) is 60.2 Å². The lowest BCUT2D eigenvalue weighted by molar-refractivity contribution is -0.141. The number of anilines is 5. The van der Waals surface area contributed by atoms with Crippen molar-refractivity contribution in [3.8, 4) is 112 Å². The normalized spacial score (nSPS) is 12.3. The molecule has 0 bridgehead atoms. The monoisotopic (exact) mass is 1970 g/mol. The first-order valence-electron chi connectivity index (χ1n) is 41.6. The van der Waals surface area contributed by atoms with Gasteiger partial charge in [0.2, 0.25) is 29.7 Å². The number of hydrogen-bond acceptors (Lipinski definition) is 27. The van der Waals surface area contributed by atoms with E-state index in [9.17, 15) is 43.9 Å². The minimum absolute atomic E-state index is 0.00428. The standard InChI is InChI=1S/C22H23N7O.C18H11ClF4N6.C18H13ClF2N6.C18H13F3N6.C17H11Cl2FN6/c1-15-11-17(12-18(25-15)13-28-7-9-30-10-8-28)19-20(16-5-3-2-4-6-16)26-22(23)29-14-24-27-21(19)29;1-8-4-9(5-13(26-8)18(21,22)23)14-15(11-3-2-10(19)6-12(11)20)27-17(24)29-7-25-28-16(14)29;2*1-9-6-11(7-13(24-9)16(20)21)14-15(10-2-4-12(19)5-3-10)25-18(22)27-8-23-26-17(14)27;1-8-4-9(5-13(19)23-8)14-15(11-3-2-10(18)6-12(11)20)24-17(21)26-7-22-25-16(14)26/h2-6,11-12,14H,7-10,13H2,1H3,(H2,23,26);2-7H,1H3,(H2,24,27);2*2-8,16H,1H3,(H2,22,25);2-7H,1H3,(H2,21,24). The number of aryl methyl sites for hydroxylation is 5. The third-order valence-electron chi connectivity index (χ3n) is 21.6. The molecule has 0 spiro atoms. The number of nitrogen functional groups attached to an aromatic ring is 5. The van der Waals surface area contributed by atoms with Gasteiger partial charge in [-0.3, -0.25) is 41.9 Å². The molecule has 1 fully saturated rings. The molecule has 0 unspecified atom stereocenters. The first kappa shape index (κ1) is 94.7. The molecule has 702 valence electrons. The summed E-state index contributed by atoms with van der Waals surface area (Å²) in [7, 11) is 0. The van der Waals surface area contributed by atoms with Crippen LogP contribution in [0, 0.1) is 52.1 Å². The van der Waals surface area contributed by atoms with Crippen LogP contribution in [-0.4, -0.2) is 154 Å². The fourth-order valence-electron chi connectivity index (χ4n) is 15.6. The van der Waals surface area contributed by atoms with E-state index in [1.165, 1.54) is 110 Å². The smallest absolute Gasteiger partial charge is 0.379 e. The number of nitrogens with zero attached hydrogens (tertiary/aromatic N) is 26. The number of ether oxygens (including phenoxy) is 1. The number of hydrogen-bond donors (Lipinski definition) is 5. The molecule has 0 radical (unpaired) electrons. The Kier molecular flexibility index (Phi) is 27.1. The van der Waals surface area contributed by atoms with Gasteiger partial charge < -0.3 is 33.4 Å². The van der Waals surface area contributed by atoms with Crippen LogP contribution in [0.15, 0.2) is 208 Å². The molecule has 0 amide bonds. The minimum atomic E-state index is -4.67. The van der Waals surface area contributed by atoms with E-state index in [0.717, 1.165) is 84.3 Å². The second-order valence-corrected chi connectivity index (χ2v) is 32.9. The largest absolute Gasteiger partial charge is 0.433 e. The zero-order valence-corrected chi connectivity index (χ0v) is 76.1. The molecule has 46 heteroatoms. The number of aromatic nitrogens is 25. The summed E-state index contributed by atoms with van der Waals surface area (Å²) in [5.41, 5.74) is 43.9. The highest BCUT2D eigenvalue weighted by atomic mass is 35.5. The van der Waals surface area contributed by atoms with Crippen molar-refractivity contribution in [3.63, 3.8) is 0 Å². The molecule has 1 saturated heterocycles.